The molecule has 0 aliphatic heterocycles. The number of aliphatic hydroxyl groups is 1. The molecule has 128 valence electrons. The van der Waals surface area contributed by atoms with Crippen LogP contribution in [-0.2, 0) is 0 Å². The summed E-state index contributed by atoms with van der Waals surface area (Å²) in [6.45, 7) is 5.09. The lowest BCUT2D eigenvalue weighted by molar-refractivity contribution is -0.0466. The van der Waals surface area contributed by atoms with Gasteiger partial charge in [-0.15, -0.1) is 0 Å². The van der Waals surface area contributed by atoms with Gasteiger partial charge < -0.3 is 15.2 Å². The van der Waals surface area contributed by atoms with Crippen LogP contribution in [0.25, 0.3) is 0 Å². The number of aliphatic hydroxyl groups excluding tert-OH is 1. The van der Waals surface area contributed by atoms with Crippen molar-refractivity contribution in [2.24, 2.45) is 17.3 Å². The smallest absolute Gasteiger partial charge is 0.162 e. The number of rotatable bonds is 6. The van der Waals surface area contributed by atoms with E-state index in [0.717, 1.165) is 24.0 Å². The standard InChI is InChI=1S/C18H25F2NO2/c1-18(2)14-5-3-4-13(14)17(18)21-9-11(22)10-23-12-6-7-15(19)16(20)8-12/h6-8,11,13-14,17,21-22H,3-5,9-10H2,1-2H3/t11?,13-,14+,17?/m1/s1. The van der Waals surface area contributed by atoms with E-state index >= 15 is 0 Å². The van der Waals surface area contributed by atoms with Crippen molar-refractivity contribution in [1.29, 1.82) is 0 Å². The second-order valence-electron chi connectivity index (χ2n) is 7.45. The van der Waals surface area contributed by atoms with E-state index in [-0.39, 0.29) is 17.8 Å². The average molecular weight is 325 g/mol. The summed E-state index contributed by atoms with van der Waals surface area (Å²) in [5.41, 5.74) is 0.280. The van der Waals surface area contributed by atoms with E-state index in [1.165, 1.54) is 25.3 Å². The second-order valence-corrected chi connectivity index (χ2v) is 7.45. The van der Waals surface area contributed by atoms with Crippen molar-refractivity contribution < 1.29 is 18.6 Å². The van der Waals surface area contributed by atoms with E-state index in [9.17, 15) is 13.9 Å². The SMILES string of the molecule is CC1(C)C(NCC(O)COc2ccc(F)c(F)c2)[C@@H]2CCC[C@@H]21. The van der Waals surface area contributed by atoms with Crippen LogP contribution in [0, 0.1) is 28.9 Å². The highest BCUT2D eigenvalue weighted by Gasteiger charge is 2.57. The molecule has 2 unspecified atom stereocenters. The Hall–Kier alpha value is -1.20. The highest BCUT2D eigenvalue weighted by atomic mass is 19.2. The van der Waals surface area contributed by atoms with E-state index in [0.29, 0.717) is 12.6 Å². The molecule has 0 spiro atoms. The maximum Gasteiger partial charge on any atom is 0.162 e. The van der Waals surface area contributed by atoms with Crippen LogP contribution in [0.3, 0.4) is 0 Å². The first-order chi connectivity index (χ1) is 10.9. The van der Waals surface area contributed by atoms with E-state index < -0.39 is 17.7 Å². The molecule has 2 aliphatic rings. The molecule has 5 heteroatoms. The Morgan fingerprint density at radius 1 is 1.30 bits per heavy atom. The maximum absolute atomic E-state index is 13.1. The number of fused-ring (bicyclic) bond motifs is 1. The van der Waals surface area contributed by atoms with Crippen molar-refractivity contribution >= 4 is 0 Å². The summed E-state index contributed by atoms with van der Waals surface area (Å²) in [5, 5.41) is 13.5. The normalized spacial score (nSPS) is 29.7. The number of nitrogens with one attached hydrogen (secondary N) is 1. The van der Waals surface area contributed by atoms with Gasteiger partial charge in [-0.1, -0.05) is 20.3 Å². The molecule has 1 aromatic carbocycles. The Morgan fingerprint density at radius 3 is 2.83 bits per heavy atom. The van der Waals surface area contributed by atoms with Gasteiger partial charge in [0.25, 0.3) is 0 Å². The van der Waals surface area contributed by atoms with Crippen molar-refractivity contribution in [3.63, 3.8) is 0 Å². The molecule has 3 nitrogen and oxygen atoms in total. The largest absolute Gasteiger partial charge is 0.491 e. The molecule has 23 heavy (non-hydrogen) atoms. The molecule has 2 fully saturated rings. The summed E-state index contributed by atoms with van der Waals surface area (Å²) in [4.78, 5) is 0. The van der Waals surface area contributed by atoms with Gasteiger partial charge in [-0.05, 0) is 42.2 Å². The van der Waals surface area contributed by atoms with Gasteiger partial charge in [-0.3, -0.25) is 0 Å². The summed E-state index contributed by atoms with van der Waals surface area (Å²) in [5.74, 6) is -0.0980. The number of ether oxygens (including phenoxy) is 1. The van der Waals surface area contributed by atoms with Gasteiger partial charge in [0.2, 0.25) is 0 Å². The first kappa shape index (κ1) is 16.7. The molecule has 2 saturated carbocycles. The van der Waals surface area contributed by atoms with Crippen molar-refractivity contribution in [2.75, 3.05) is 13.2 Å². The number of hydrogen-bond donors (Lipinski definition) is 2. The minimum Gasteiger partial charge on any atom is -0.491 e. The molecule has 3 rings (SSSR count). The molecule has 1 aromatic rings. The first-order valence-corrected chi connectivity index (χ1v) is 8.39. The monoisotopic (exact) mass is 325 g/mol. The Labute approximate surface area is 136 Å². The van der Waals surface area contributed by atoms with Gasteiger partial charge in [-0.25, -0.2) is 8.78 Å². The molecule has 0 bridgehead atoms. The number of benzene rings is 1. The van der Waals surface area contributed by atoms with E-state index in [4.69, 9.17) is 4.74 Å². The Balaban J connectivity index is 1.45. The predicted octanol–water partition coefficient (Wildman–Crippen LogP) is 3.12. The van der Waals surface area contributed by atoms with Crippen LogP contribution in [0.5, 0.6) is 5.75 Å². The number of hydrogen-bond acceptors (Lipinski definition) is 3. The zero-order valence-corrected chi connectivity index (χ0v) is 13.7. The Kier molecular flexibility index (Phi) is 4.61. The van der Waals surface area contributed by atoms with Gasteiger partial charge in [0.05, 0.1) is 0 Å². The molecule has 0 amide bonds. The van der Waals surface area contributed by atoms with Crippen molar-refractivity contribution in [1.82, 2.24) is 5.32 Å². The molecule has 0 heterocycles. The highest BCUT2D eigenvalue weighted by molar-refractivity contribution is 5.23. The summed E-state index contributed by atoms with van der Waals surface area (Å²) in [6.07, 6.45) is 3.21. The third kappa shape index (κ3) is 3.22. The molecule has 0 radical (unpaired) electrons. The fourth-order valence-electron chi connectivity index (χ4n) is 4.47. The maximum atomic E-state index is 13.1. The van der Waals surface area contributed by atoms with E-state index in [1.807, 2.05) is 0 Å². The second kappa shape index (κ2) is 6.36. The fraction of sp³-hybridized carbons (Fsp3) is 0.667. The third-order valence-corrected chi connectivity index (χ3v) is 5.66. The van der Waals surface area contributed by atoms with Crippen LogP contribution in [0.15, 0.2) is 18.2 Å². The minimum absolute atomic E-state index is 0.0549. The minimum atomic E-state index is -0.946. The lowest BCUT2D eigenvalue weighted by atomic mass is 9.53. The van der Waals surface area contributed by atoms with Crippen LogP contribution in [-0.4, -0.2) is 30.4 Å². The summed E-state index contributed by atoms with van der Waals surface area (Å²) in [7, 11) is 0. The molecule has 0 saturated heterocycles. The average Bonchev–Trinajstić information content (AvgIpc) is 2.95. The van der Waals surface area contributed by atoms with E-state index in [1.54, 1.807) is 0 Å². The van der Waals surface area contributed by atoms with Gasteiger partial charge in [0.1, 0.15) is 18.5 Å². The first-order valence-electron chi connectivity index (χ1n) is 8.39. The summed E-state index contributed by atoms with van der Waals surface area (Å²) < 4.78 is 31.3. The third-order valence-electron chi connectivity index (χ3n) is 5.66. The van der Waals surface area contributed by atoms with Gasteiger partial charge in [0, 0.05) is 18.7 Å². The van der Waals surface area contributed by atoms with Crippen LogP contribution < -0.4 is 10.1 Å². The summed E-state index contributed by atoms with van der Waals surface area (Å²) >= 11 is 0. The number of halogens is 2. The highest BCUT2D eigenvalue weighted by Crippen LogP contribution is 2.58. The van der Waals surface area contributed by atoms with Gasteiger partial charge in [-0.2, -0.15) is 0 Å². The van der Waals surface area contributed by atoms with Crippen molar-refractivity contribution in [3.8, 4) is 5.75 Å². The molecule has 2 N–H and O–H groups in total. The quantitative estimate of drug-likeness (QED) is 0.844. The van der Waals surface area contributed by atoms with Gasteiger partial charge in [0.15, 0.2) is 11.6 Å². The van der Waals surface area contributed by atoms with Crippen LogP contribution in [0.1, 0.15) is 33.1 Å². The molecular weight excluding hydrogens is 300 g/mol. The lowest BCUT2D eigenvalue weighted by Crippen LogP contribution is -2.63. The van der Waals surface area contributed by atoms with Crippen LogP contribution >= 0.6 is 0 Å². The zero-order chi connectivity index (χ0) is 16.6. The van der Waals surface area contributed by atoms with E-state index in [2.05, 4.69) is 19.2 Å². The molecular formula is C18H25F2NO2. The van der Waals surface area contributed by atoms with Crippen molar-refractivity contribution in [2.45, 2.75) is 45.3 Å². The zero-order valence-electron chi connectivity index (χ0n) is 13.7. The molecule has 2 aliphatic carbocycles. The van der Waals surface area contributed by atoms with Crippen LogP contribution in [0.2, 0.25) is 0 Å². The molecule has 4 atom stereocenters. The van der Waals surface area contributed by atoms with Gasteiger partial charge >= 0.3 is 0 Å². The fourth-order valence-corrected chi connectivity index (χ4v) is 4.47. The lowest BCUT2D eigenvalue weighted by Gasteiger charge is -2.56. The van der Waals surface area contributed by atoms with Crippen LogP contribution in [0.4, 0.5) is 8.78 Å². The molecule has 0 aromatic heterocycles. The predicted molar refractivity (Wildman–Crippen MR) is 84.3 cm³/mol. The Morgan fingerprint density at radius 2 is 2.09 bits per heavy atom. The topological polar surface area (TPSA) is 41.5 Å². The summed E-state index contributed by atoms with van der Waals surface area (Å²) in [6, 6.07) is 3.81. The van der Waals surface area contributed by atoms with Crippen molar-refractivity contribution in [3.05, 3.63) is 29.8 Å². The Bertz CT molecular complexity index is 564.